The Bertz CT molecular complexity index is 616. The van der Waals surface area contributed by atoms with Crippen LogP contribution in [-0.2, 0) is 6.54 Å². The lowest BCUT2D eigenvalue weighted by atomic mass is 10.2. The molecule has 0 amide bonds. The third kappa shape index (κ3) is 3.04. The average Bonchev–Trinajstić information content (AvgIpc) is 2.45. The number of aromatic nitrogens is 1. The molecule has 0 fully saturated rings. The molecular weight excluding hydrogens is 318 g/mol. The first-order valence-corrected chi connectivity index (χ1v) is 7.07. The van der Waals surface area contributed by atoms with Crippen LogP contribution < -0.4 is 15.4 Å². The van der Waals surface area contributed by atoms with Crippen LogP contribution in [0.25, 0.3) is 0 Å². The largest absolute Gasteiger partial charge is 0.497 e. The van der Waals surface area contributed by atoms with E-state index in [1.807, 2.05) is 32.2 Å². The molecule has 1 aromatic carbocycles. The van der Waals surface area contributed by atoms with Crippen LogP contribution >= 0.6 is 15.9 Å². The fourth-order valence-corrected chi connectivity index (χ4v) is 2.60. The number of nitrogens with zero attached hydrogens (tertiary/aromatic N) is 2. The van der Waals surface area contributed by atoms with E-state index in [2.05, 4.69) is 31.9 Å². The summed E-state index contributed by atoms with van der Waals surface area (Å²) in [4.78, 5) is 6.47. The van der Waals surface area contributed by atoms with Crippen LogP contribution in [-0.4, -0.2) is 19.1 Å². The van der Waals surface area contributed by atoms with Crippen molar-refractivity contribution in [2.45, 2.75) is 13.5 Å². The SMILES string of the molecule is COc1cccc(CN(C)c2ncc(N)c(C)c2Br)c1. The van der Waals surface area contributed by atoms with Crippen molar-refractivity contribution < 1.29 is 4.74 Å². The molecule has 0 aliphatic carbocycles. The molecular formula is C15H18BrN3O. The monoisotopic (exact) mass is 335 g/mol. The lowest BCUT2D eigenvalue weighted by Gasteiger charge is -2.21. The highest BCUT2D eigenvalue weighted by Gasteiger charge is 2.12. The molecule has 0 unspecified atom stereocenters. The molecule has 1 aromatic heterocycles. The number of benzene rings is 1. The Hall–Kier alpha value is -1.75. The van der Waals surface area contributed by atoms with E-state index < -0.39 is 0 Å². The van der Waals surface area contributed by atoms with Crippen molar-refractivity contribution in [3.05, 3.63) is 46.1 Å². The highest BCUT2D eigenvalue weighted by Crippen LogP contribution is 2.30. The third-order valence-electron chi connectivity index (χ3n) is 3.20. The van der Waals surface area contributed by atoms with Crippen LogP contribution in [0.4, 0.5) is 11.5 Å². The van der Waals surface area contributed by atoms with Crippen molar-refractivity contribution in [2.75, 3.05) is 24.8 Å². The van der Waals surface area contributed by atoms with Crippen LogP contribution in [0.1, 0.15) is 11.1 Å². The molecule has 0 spiro atoms. The molecule has 2 aromatic rings. The van der Waals surface area contributed by atoms with Gasteiger partial charge in [-0.2, -0.15) is 0 Å². The molecule has 0 saturated carbocycles. The molecule has 0 aliphatic heterocycles. The molecule has 0 aliphatic rings. The highest BCUT2D eigenvalue weighted by molar-refractivity contribution is 9.10. The van der Waals surface area contributed by atoms with E-state index in [4.69, 9.17) is 10.5 Å². The number of ether oxygens (including phenoxy) is 1. The molecule has 0 radical (unpaired) electrons. The number of halogens is 1. The Morgan fingerprint density at radius 2 is 2.15 bits per heavy atom. The number of pyridine rings is 1. The van der Waals surface area contributed by atoms with Crippen LogP contribution in [0, 0.1) is 6.92 Å². The van der Waals surface area contributed by atoms with Crippen molar-refractivity contribution in [3.8, 4) is 5.75 Å². The molecule has 2 rings (SSSR count). The molecule has 106 valence electrons. The zero-order valence-electron chi connectivity index (χ0n) is 11.9. The summed E-state index contributed by atoms with van der Waals surface area (Å²) in [7, 11) is 3.67. The number of rotatable bonds is 4. The van der Waals surface area contributed by atoms with E-state index in [1.54, 1.807) is 13.3 Å². The lowest BCUT2D eigenvalue weighted by Crippen LogP contribution is -2.18. The van der Waals surface area contributed by atoms with Gasteiger partial charge >= 0.3 is 0 Å². The maximum absolute atomic E-state index is 5.85. The summed E-state index contributed by atoms with van der Waals surface area (Å²) >= 11 is 3.56. The van der Waals surface area contributed by atoms with Gasteiger partial charge in [0, 0.05) is 13.6 Å². The zero-order chi connectivity index (χ0) is 14.7. The summed E-state index contributed by atoms with van der Waals surface area (Å²) < 4.78 is 6.17. The second-order valence-electron chi connectivity index (χ2n) is 4.68. The van der Waals surface area contributed by atoms with E-state index in [-0.39, 0.29) is 0 Å². The van der Waals surface area contributed by atoms with Crippen LogP contribution in [0.3, 0.4) is 0 Å². The molecule has 5 heteroatoms. The van der Waals surface area contributed by atoms with Crippen molar-refractivity contribution >= 4 is 27.4 Å². The van der Waals surface area contributed by atoms with Gasteiger partial charge in [-0.05, 0) is 46.1 Å². The Morgan fingerprint density at radius 3 is 2.85 bits per heavy atom. The highest BCUT2D eigenvalue weighted by atomic mass is 79.9. The second-order valence-corrected chi connectivity index (χ2v) is 5.48. The molecule has 0 atom stereocenters. The minimum Gasteiger partial charge on any atom is -0.497 e. The standard InChI is InChI=1S/C15H18BrN3O/c1-10-13(17)8-18-15(14(10)16)19(2)9-11-5-4-6-12(7-11)20-3/h4-8H,9,17H2,1-3H3. The molecule has 2 N–H and O–H groups in total. The number of hydrogen-bond acceptors (Lipinski definition) is 4. The topological polar surface area (TPSA) is 51.4 Å². The fraction of sp³-hybridized carbons (Fsp3) is 0.267. The predicted molar refractivity (Wildman–Crippen MR) is 86.2 cm³/mol. The Labute approximate surface area is 127 Å². The number of nitrogen functional groups attached to an aromatic ring is 1. The van der Waals surface area contributed by atoms with E-state index in [0.717, 1.165) is 33.7 Å². The van der Waals surface area contributed by atoms with Gasteiger partial charge in [-0.3, -0.25) is 0 Å². The van der Waals surface area contributed by atoms with E-state index in [9.17, 15) is 0 Å². The van der Waals surface area contributed by atoms with Crippen molar-refractivity contribution in [2.24, 2.45) is 0 Å². The fourth-order valence-electron chi connectivity index (χ4n) is 1.96. The third-order valence-corrected chi connectivity index (χ3v) is 4.15. The van der Waals surface area contributed by atoms with Gasteiger partial charge in [-0.25, -0.2) is 4.98 Å². The minimum atomic E-state index is 0.690. The smallest absolute Gasteiger partial charge is 0.143 e. The van der Waals surface area contributed by atoms with Gasteiger partial charge < -0.3 is 15.4 Å². The Balaban J connectivity index is 2.23. The van der Waals surface area contributed by atoms with Gasteiger partial charge in [0.15, 0.2) is 0 Å². The first-order valence-electron chi connectivity index (χ1n) is 6.27. The summed E-state index contributed by atoms with van der Waals surface area (Å²) in [6, 6.07) is 8.01. The summed E-state index contributed by atoms with van der Waals surface area (Å²) in [5.74, 6) is 1.73. The van der Waals surface area contributed by atoms with Crippen molar-refractivity contribution in [1.29, 1.82) is 0 Å². The summed E-state index contributed by atoms with van der Waals surface area (Å²) in [6.45, 7) is 2.72. The lowest BCUT2D eigenvalue weighted by molar-refractivity contribution is 0.414. The molecule has 0 bridgehead atoms. The van der Waals surface area contributed by atoms with Gasteiger partial charge in [0.2, 0.25) is 0 Å². The minimum absolute atomic E-state index is 0.690. The number of hydrogen-bond donors (Lipinski definition) is 1. The van der Waals surface area contributed by atoms with Gasteiger partial charge in [0.05, 0.1) is 23.5 Å². The van der Waals surface area contributed by atoms with Gasteiger partial charge in [-0.1, -0.05) is 12.1 Å². The first kappa shape index (κ1) is 14.7. The van der Waals surface area contributed by atoms with Crippen LogP contribution in [0.15, 0.2) is 34.9 Å². The quantitative estimate of drug-likeness (QED) is 0.930. The molecule has 20 heavy (non-hydrogen) atoms. The Kier molecular flexibility index (Phi) is 4.49. The first-order chi connectivity index (χ1) is 9.52. The number of methoxy groups -OCH3 is 1. The van der Waals surface area contributed by atoms with Gasteiger partial charge in [0.25, 0.3) is 0 Å². The summed E-state index contributed by atoms with van der Waals surface area (Å²) in [6.07, 6.45) is 1.69. The predicted octanol–water partition coefficient (Wildman–Crippen LogP) is 3.38. The van der Waals surface area contributed by atoms with Crippen molar-refractivity contribution in [3.63, 3.8) is 0 Å². The molecule has 1 heterocycles. The van der Waals surface area contributed by atoms with Crippen LogP contribution in [0.2, 0.25) is 0 Å². The van der Waals surface area contributed by atoms with E-state index in [1.165, 1.54) is 0 Å². The normalized spacial score (nSPS) is 10.4. The van der Waals surface area contributed by atoms with Crippen LogP contribution in [0.5, 0.6) is 5.75 Å². The molecule has 4 nitrogen and oxygen atoms in total. The van der Waals surface area contributed by atoms with E-state index >= 15 is 0 Å². The maximum atomic E-state index is 5.85. The maximum Gasteiger partial charge on any atom is 0.143 e. The second kappa shape index (κ2) is 6.13. The summed E-state index contributed by atoms with van der Waals surface area (Å²) in [5, 5.41) is 0. The van der Waals surface area contributed by atoms with Crippen molar-refractivity contribution in [1.82, 2.24) is 4.98 Å². The number of anilines is 2. The Morgan fingerprint density at radius 1 is 1.40 bits per heavy atom. The zero-order valence-corrected chi connectivity index (χ0v) is 13.4. The van der Waals surface area contributed by atoms with E-state index in [0.29, 0.717) is 5.69 Å². The average molecular weight is 336 g/mol. The molecule has 0 saturated heterocycles. The van der Waals surface area contributed by atoms with Gasteiger partial charge in [0.1, 0.15) is 11.6 Å². The summed E-state index contributed by atoms with van der Waals surface area (Å²) in [5.41, 5.74) is 8.71. The van der Waals surface area contributed by atoms with Gasteiger partial charge in [-0.15, -0.1) is 0 Å². The number of nitrogens with two attached hydrogens (primary N) is 1.